The standard InChI is InChI=1S/C12H15N5O4/c1-13-10-5-7(9(6-15-10)17(20)21)11(18)16-8-3-2-4-14-12(8)19/h5-6,8H,2-4H2,1H3,(H,13,15)(H,14,19)(H,16,18). The molecule has 1 unspecified atom stereocenters. The largest absolute Gasteiger partial charge is 0.373 e. The Balaban J connectivity index is 2.24. The summed E-state index contributed by atoms with van der Waals surface area (Å²) in [4.78, 5) is 37.9. The Morgan fingerprint density at radius 2 is 2.33 bits per heavy atom. The highest BCUT2D eigenvalue weighted by Crippen LogP contribution is 2.20. The van der Waals surface area contributed by atoms with Crippen molar-refractivity contribution in [2.75, 3.05) is 18.9 Å². The number of hydrogen-bond acceptors (Lipinski definition) is 6. The van der Waals surface area contributed by atoms with Gasteiger partial charge in [0, 0.05) is 19.7 Å². The van der Waals surface area contributed by atoms with E-state index in [2.05, 4.69) is 20.9 Å². The summed E-state index contributed by atoms with van der Waals surface area (Å²) in [5.41, 5.74) is -0.527. The van der Waals surface area contributed by atoms with Crippen molar-refractivity contribution >= 4 is 23.3 Å². The lowest BCUT2D eigenvalue weighted by atomic mass is 10.1. The van der Waals surface area contributed by atoms with Gasteiger partial charge in [0.05, 0.1) is 4.92 Å². The van der Waals surface area contributed by atoms with Crippen LogP contribution in [0.25, 0.3) is 0 Å². The van der Waals surface area contributed by atoms with Crippen molar-refractivity contribution in [2.45, 2.75) is 18.9 Å². The molecular weight excluding hydrogens is 278 g/mol. The van der Waals surface area contributed by atoms with Gasteiger partial charge in [-0.2, -0.15) is 0 Å². The number of rotatable bonds is 4. The van der Waals surface area contributed by atoms with Crippen LogP contribution < -0.4 is 16.0 Å². The van der Waals surface area contributed by atoms with Gasteiger partial charge in [0.15, 0.2) is 0 Å². The summed E-state index contributed by atoms with van der Waals surface area (Å²) < 4.78 is 0. The van der Waals surface area contributed by atoms with Crippen molar-refractivity contribution in [3.63, 3.8) is 0 Å². The molecule has 0 saturated carbocycles. The summed E-state index contributed by atoms with van der Waals surface area (Å²) in [7, 11) is 1.59. The molecule has 112 valence electrons. The average Bonchev–Trinajstić information content (AvgIpc) is 2.48. The van der Waals surface area contributed by atoms with Crippen LogP contribution in [0.4, 0.5) is 11.5 Å². The number of carbonyl (C=O) groups is 2. The fraction of sp³-hybridized carbons (Fsp3) is 0.417. The van der Waals surface area contributed by atoms with Crippen LogP contribution in [-0.2, 0) is 4.79 Å². The number of hydrogen-bond donors (Lipinski definition) is 3. The van der Waals surface area contributed by atoms with E-state index in [1.54, 1.807) is 7.05 Å². The van der Waals surface area contributed by atoms with Gasteiger partial charge < -0.3 is 16.0 Å². The number of nitrogens with one attached hydrogen (secondary N) is 3. The third-order valence-corrected chi connectivity index (χ3v) is 3.17. The van der Waals surface area contributed by atoms with Crippen molar-refractivity contribution in [2.24, 2.45) is 0 Å². The summed E-state index contributed by atoms with van der Waals surface area (Å²) >= 11 is 0. The zero-order valence-corrected chi connectivity index (χ0v) is 11.4. The van der Waals surface area contributed by atoms with E-state index in [1.807, 2.05) is 0 Å². The minimum absolute atomic E-state index is 0.127. The van der Waals surface area contributed by atoms with E-state index >= 15 is 0 Å². The molecule has 1 aromatic rings. The molecule has 0 aliphatic carbocycles. The van der Waals surface area contributed by atoms with Gasteiger partial charge in [-0.3, -0.25) is 19.7 Å². The van der Waals surface area contributed by atoms with Crippen molar-refractivity contribution in [3.05, 3.63) is 27.9 Å². The second-order valence-electron chi connectivity index (χ2n) is 4.55. The van der Waals surface area contributed by atoms with Gasteiger partial charge in [-0.25, -0.2) is 4.98 Å². The third-order valence-electron chi connectivity index (χ3n) is 3.17. The number of anilines is 1. The van der Waals surface area contributed by atoms with Crippen molar-refractivity contribution in [1.82, 2.24) is 15.6 Å². The number of pyridine rings is 1. The summed E-state index contributed by atoms with van der Waals surface area (Å²) in [6.07, 6.45) is 2.27. The molecule has 1 aliphatic rings. The Labute approximate surface area is 120 Å². The van der Waals surface area contributed by atoms with Crippen LogP contribution in [0, 0.1) is 10.1 Å². The molecule has 3 N–H and O–H groups in total. The van der Waals surface area contributed by atoms with Crippen molar-refractivity contribution in [1.29, 1.82) is 0 Å². The molecule has 2 rings (SSSR count). The minimum Gasteiger partial charge on any atom is -0.373 e. The Morgan fingerprint density at radius 1 is 1.57 bits per heavy atom. The summed E-state index contributed by atoms with van der Waals surface area (Å²) in [6, 6.07) is 0.617. The molecule has 1 saturated heterocycles. The van der Waals surface area contributed by atoms with E-state index in [-0.39, 0.29) is 11.5 Å². The lowest BCUT2D eigenvalue weighted by Crippen LogP contribution is -2.50. The number of aromatic nitrogens is 1. The zero-order chi connectivity index (χ0) is 15.4. The molecule has 21 heavy (non-hydrogen) atoms. The molecular formula is C12H15N5O4. The molecule has 0 spiro atoms. The van der Waals surface area contributed by atoms with E-state index in [9.17, 15) is 19.7 Å². The first-order valence-electron chi connectivity index (χ1n) is 6.43. The maximum absolute atomic E-state index is 12.2. The zero-order valence-electron chi connectivity index (χ0n) is 11.4. The summed E-state index contributed by atoms with van der Waals surface area (Å²) in [5.74, 6) is -0.610. The van der Waals surface area contributed by atoms with Crippen LogP contribution in [0.5, 0.6) is 0 Å². The highest BCUT2D eigenvalue weighted by molar-refractivity contribution is 6.01. The molecule has 1 aromatic heterocycles. The lowest BCUT2D eigenvalue weighted by molar-refractivity contribution is -0.385. The number of amides is 2. The summed E-state index contributed by atoms with van der Waals surface area (Å²) in [6.45, 7) is 0.574. The van der Waals surface area contributed by atoms with Crippen LogP contribution in [0.3, 0.4) is 0 Å². The second-order valence-corrected chi connectivity index (χ2v) is 4.55. The normalized spacial score (nSPS) is 17.8. The number of piperidine rings is 1. The van der Waals surface area contributed by atoms with Gasteiger partial charge in [0.25, 0.3) is 11.6 Å². The highest BCUT2D eigenvalue weighted by Gasteiger charge is 2.27. The smallest absolute Gasteiger partial charge is 0.300 e. The molecule has 2 amide bonds. The molecule has 0 aromatic carbocycles. The SMILES string of the molecule is CNc1cc(C(=O)NC2CCCNC2=O)c([N+](=O)[O-])cn1. The Morgan fingerprint density at radius 3 is 2.95 bits per heavy atom. The quantitative estimate of drug-likeness (QED) is 0.531. The summed E-state index contributed by atoms with van der Waals surface area (Å²) in [5, 5.41) is 18.8. The molecule has 9 nitrogen and oxygen atoms in total. The van der Waals surface area contributed by atoms with Gasteiger partial charge >= 0.3 is 0 Å². The molecule has 1 aliphatic heterocycles. The predicted octanol–water partition coefficient (Wildman–Crippen LogP) is 0.0399. The highest BCUT2D eigenvalue weighted by atomic mass is 16.6. The van der Waals surface area contributed by atoms with Gasteiger partial charge in [0.2, 0.25) is 5.91 Å². The van der Waals surface area contributed by atoms with E-state index < -0.39 is 22.6 Å². The fourth-order valence-corrected chi connectivity index (χ4v) is 2.06. The van der Waals surface area contributed by atoms with Gasteiger partial charge in [-0.05, 0) is 12.8 Å². The molecule has 1 fully saturated rings. The van der Waals surface area contributed by atoms with E-state index in [0.717, 1.165) is 12.6 Å². The third kappa shape index (κ3) is 3.25. The van der Waals surface area contributed by atoms with Crippen LogP contribution in [0.1, 0.15) is 23.2 Å². The first-order valence-corrected chi connectivity index (χ1v) is 6.43. The Kier molecular flexibility index (Phi) is 4.31. The van der Waals surface area contributed by atoms with Gasteiger partial charge in [-0.1, -0.05) is 0 Å². The molecule has 9 heteroatoms. The van der Waals surface area contributed by atoms with Gasteiger partial charge in [-0.15, -0.1) is 0 Å². The number of nitro groups is 1. The van der Waals surface area contributed by atoms with Crippen molar-refractivity contribution in [3.8, 4) is 0 Å². The minimum atomic E-state index is -0.678. The molecule has 1 atom stereocenters. The van der Waals surface area contributed by atoms with E-state index in [1.165, 1.54) is 6.07 Å². The lowest BCUT2D eigenvalue weighted by Gasteiger charge is -2.22. The van der Waals surface area contributed by atoms with Crippen LogP contribution >= 0.6 is 0 Å². The molecule has 0 radical (unpaired) electrons. The molecule has 2 heterocycles. The van der Waals surface area contributed by atoms with Crippen LogP contribution in [0.15, 0.2) is 12.3 Å². The first kappa shape index (κ1) is 14.7. The second kappa shape index (κ2) is 6.16. The van der Waals surface area contributed by atoms with Crippen LogP contribution in [-0.4, -0.2) is 41.4 Å². The molecule has 0 bridgehead atoms. The average molecular weight is 293 g/mol. The maximum atomic E-state index is 12.2. The first-order chi connectivity index (χ1) is 10.0. The van der Waals surface area contributed by atoms with Crippen molar-refractivity contribution < 1.29 is 14.5 Å². The monoisotopic (exact) mass is 293 g/mol. The topological polar surface area (TPSA) is 126 Å². The van der Waals surface area contributed by atoms with E-state index in [4.69, 9.17) is 0 Å². The fourth-order valence-electron chi connectivity index (χ4n) is 2.06. The van der Waals surface area contributed by atoms with Crippen LogP contribution in [0.2, 0.25) is 0 Å². The maximum Gasteiger partial charge on any atom is 0.300 e. The number of carbonyl (C=O) groups excluding carboxylic acids is 2. The predicted molar refractivity (Wildman–Crippen MR) is 73.9 cm³/mol. The Hall–Kier alpha value is -2.71. The van der Waals surface area contributed by atoms with Gasteiger partial charge in [0.1, 0.15) is 23.6 Å². The Bertz CT molecular complexity index is 589. The number of nitrogens with zero attached hydrogens (tertiary/aromatic N) is 2. The van der Waals surface area contributed by atoms with E-state index in [0.29, 0.717) is 18.8 Å².